The Morgan fingerprint density at radius 1 is 0.929 bits per heavy atom. The van der Waals surface area contributed by atoms with Crippen LogP contribution in [-0.4, -0.2) is 43.1 Å². The lowest BCUT2D eigenvalue weighted by Gasteiger charge is -2.14. The van der Waals surface area contributed by atoms with Crippen molar-refractivity contribution in [1.29, 1.82) is 0 Å². The predicted octanol–water partition coefficient (Wildman–Crippen LogP) is 3.36. The fourth-order valence-electron chi connectivity index (χ4n) is 2.78. The Hall–Kier alpha value is -3.41. The van der Waals surface area contributed by atoms with Crippen LogP contribution in [0.2, 0.25) is 0 Å². The molecule has 0 atom stereocenters. The first-order chi connectivity index (χ1) is 13.5. The standard InChI is InChI=1S/C22H25N5O/c1-16-25-20(15-21(26-16)27(2)3)23-13-14-24-22(28)19-11-9-18(10-12-19)17-7-5-4-6-8-17/h4-12,15H,13-14H2,1-3H3,(H,24,28)(H,23,25,26). The molecule has 144 valence electrons. The van der Waals surface area contributed by atoms with Crippen LogP contribution >= 0.6 is 0 Å². The summed E-state index contributed by atoms with van der Waals surface area (Å²) in [6, 6.07) is 19.6. The number of aromatic nitrogens is 2. The van der Waals surface area contributed by atoms with E-state index in [2.05, 4.69) is 32.7 Å². The van der Waals surface area contributed by atoms with Crippen LogP contribution < -0.4 is 15.5 Å². The third-order valence-electron chi connectivity index (χ3n) is 4.25. The Labute approximate surface area is 165 Å². The third kappa shape index (κ3) is 5.07. The van der Waals surface area contributed by atoms with Crippen molar-refractivity contribution in [2.24, 2.45) is 0 Å². The SMILES string of the molecule is Cc1nc(NCCNC(=O)c2ccc(-c3ccccc3)cc2)cc(N(C)C)n1. The lowest BCUT2D eigenvalue weighted by molar-refractivity contribution is 0.0955. The van der Waals surface area contributed by atoms with Gasteiger partial charge in [0.15, 0.2) is 0 Å². The number of aryl methyl sites for hydroxylation is 1. The molecular formula is C22H25N5O. The zero-order chi connectivity index (χ0) is 19.9. The molecule has 2 N–H and O–H groups in total. The van der Waals surface area contributed by atoms with Gasteiger partial charge in [-0.3, -0.25) is 4.79 Å². The van der Waals surface area contributed by atoms with Crippen molar-refractivity contribution < 1.29 is 4.79 Å². The van der Waals surface area contributed by atoms with Crippen LogP contribution in [0.3, 0.4) is 0 Å². The Morgan fingerprint density at radius 3 is 2.29 bits per heavy atom. The van der Waals surface area contributed by atoms with Crippen LogP contribution in [-0.2, 0) is 0 Å². The highest BCUT2D eigenvalue weighted by Crippen LogP contribution is 2.19. The highest BCUT2D eigenvalue weighted by atomic mass is 16.1. The first-order valence-corrected chi connectivity index (χ1v) is 9.23. The van der Waals surface area contributed by atoms with Gasteiger partial charge in [0.25, 0.3) is 5.91 Å². The summed E-state index contributed by atoms with van der Waals surface area (Å²) in [6.45, 7) is 2.94. The van der Waals surface area contributed by atoms with Crippen LogP contribution in [0.5, 0.6) is 0 Å². The quantitative estimate of drug-likeness (QED) is 0.620. The van der Waals surface area contributed by atoms with Crippen molar-refractivity contribution >= 4 is 17.5 Å². The molecule has 1 heterocycles. The zero-order valence-electron chi connectivity index (χ0n) is 16.4. The molecule has 0 spiro atoms. The summed E-state index contributed by atoms with van der Waals surface area (Å²) in [4.78, 5) is 23.0. The topological polar surface area (TPSA) is 70.2 Å². The number of hydrogen-bond acceptors (Lipinski definition) is 5. The van der Waals surface area contributed by atoms with Crippen LogP contribution in [0.1, 0.15) is 16.2 Å². The van der Waals surface area contributed by atoms with Gasteiger partial charge in [0.1, 0.15) is 17.5 Å². The van der Waals surface area contributed by atoms with Crippen LogP contribution in [0.15, 0.2) is 60.7 Å². The highest BCUT2D eigenvalue weighted by molar-refractivity contribution is 5.94. The number of carbonyl (C=O) groups is 1. The third-order valence-corrected chi connectivity index (χ3v) is 4.25. The van der Waals surface area contributed by atoms with E-state index >= 15 is 0 Å². The average molecular weight is 375 g/mol. The summed E-state index contributed by atoms with van der Waals surface area (Å²) < 4.78 is 0. The van der Waals surface area contributed by atoms with E-state index in [9.17, 15) is 4.79 Å². The van der Waals surface area contributed by atoms with Gasteiger partial charge in [-0.05, 0) is 30.2 Å². The zero-order valence-corrected chi connectivity index (χ0v) is 16.4. The van der Waals surface area contributed by atoms with Gasteiger partial charge in [0, 0.05) is 38.8 Å². The van der Waals surface area contributed by atoms with E-state index in [0.29, 0.717) is 24.5 Å². The molecule has 0 unspecified atom stereocenters. The maximum absolute atomic E-state index is 12.3. The summed E-state index contributed by atoms with van der Waals surface area (Å²) in [7, 11) is 3.88. The number of hydrogen-bond donors (Lipinski definition) is 2. The van der Waals surface area contributed by atoms with Crippen molar-refractivity contribution in [3.8, 4) is 11.1 Å². The first-order valence-electron chi connectivity index (χ1n) is 9.23. The van der Waals surface area contributed by atoms with E-state index in [-0.39, 0.29) is 5.91 Å². The summed E-state index contributed by atoms with van der Waals surface area (Å²) in [6.07, 6.45) is 0. The second kappa shape index (κ2) is 8.99. The molecule has 0 aliphatic carbocycles. The summed E-state index contributed by atoms with van der Waals surface area (Å²) in [5.74, 6) is 2.21. The largest absolute Gasteiger partial charge is 0.368 e. The first kappa shape index (κ1) is 19.4. The Kier molecular flexibility index (Phi) is 6.22. The smallest absolute Gasteiger partial charge is 0.251 e. The van der Waals surface area contributed by atoms with E-state index in [4.69, 9.17) is 0 Å². The van der Waals surface area contributed by atoms with Gasteiger partial charge >= 0.3 is 0 Å². The van der Waals surface area contributed by atoms with Gasteiger partial charge in [-0.1, -0.05) is 42.5 Å². The molecule has 3 aromatic rings. The molecule has 0 radical (unpaired) electrons. The van der Waals surface area contributed by atoms with E-state index in [0.717, 1.165) is 22.8 Å². The molecule has 6 heteroatoms. The maximum Gasteiger partial charge on any atom is 0.251 e. The highest BCUT2D eigenvalue weighted by Gasteiger charge is 2.06. The van der Waals surface area contributed by atoms with Gasteiger partial charge in [-0.2, -0.15) is 0 Å². The molecule has 0 aliphatic rings. The Bertz CT molecular complexity index is 923. The lowest BCUT2D eigenvalue weighted by Crippen LogP contribution is -2.29. The van der Waals surface area contributed by atoms with Crippen molar-refractivity contribution in [3.63, 3.8) is 0 Å². The minimum absolute atomic E-state index is 0.0886. The van der Waals surface area contributed by atoms with E-state index in [1.807, 2.05) is 74.4 Å². The van der Waals surface area contributed by atoms with Crippen molar-refractivity contribution in [3.05, 3.63) is 72.1 Å². The minimum atomic E-state index is -0.0886. The molecule has 6 nitrogen and oxygen atoms in total. The molecule has 0 fully saturated rings. The van der Waals surface area contributed by atoms with E-state index in [1.165, 1.54) is 0 Å². The number of amides is 1. The molecule has 0 saturated carbocycles. The van der Waals surface area contributed by atoms with E-state index < -0.39 is 0 Å². The minimum Gasteiger partial charge on any atom is -0.368 e. The number of nitrogens with one attached hydrogen (secondary N) is 2. The van der Waals surface area contributed by atoms with Gasteiger partial charge in [0.2, 0.25) is 0 Å². The summed E-state index contributed by atoms with van der Waals surface area (Å²) in [5.41, 5.74) is 2.87. The molecule has 0 aliphatic heterocycles. The summed E-state index contributed by atoms with van der Waals surface area (Å²) in [5, 5.41) is 6.15. The number of nitrogens with zero attached hydrogens (tertiary/aromatic N) is 3. The Balaban J connectivity index is 1.51. The lowest BCUT2D eigenvalue weighted by atomic mass is 10.0. The fraction of sp³-hybridized carbons (Fsp3) is 0.227. The Morgan fingerprint density at radius 2 is 1.61 bits per heavy atom. The van der Waals surface area contributed by atoms with Gasteiger partial charge < -0.3 is 15.5 Å². The molecular weight excluding hydrogens is 350 g/mol. The molecule has 3 rings (SSSR count). The van der Waals surface area contributed by atoms with Crippen LogP contribution in [0.4, 0.5) is 11.6 Å². The molecule has 1 aromatic heterocycles. The predicted molar refractivity (Wildman–Crippen MR) is 114 cm³/mol. The number of benzene rings is 2. The van der Waals surface area contributed by atoms with Crippen molar-refractivity contribution in [1.82, 2.24) is 15.3 Å². The number of carbonyl (C=O) groups excluding carboxylic acids is 1. The number of rotatable bonds is 7. The molecule has 0 saturated heterocycles. The molecule has 1 amide bonds. The number of anilines is 2. The van der Waals surface area contributed by atoms with Crippen LogP contribution in [0, 0.1) is 6.92 Å². The van der Waals surface area contributed by atoms with Crippen LogP contribution in [0.25, 0.3) is 11.1 Å². The second-order valence-corrected chi connectivity index (χ2v) is 6.68. The van der Waals surface area contributed by atoms with Crippen molar-refractivity contribution in [2.75, 3.05) is 37.4 Å². The molecule has 0 bridgehead atoms. The fourth-order valence-corrected chi connectivity index (χ4v) is 2.78. The van der Waals surface area contributed by atoms with Gasteiger partial charge in [-0.15, -0.1) is 0 Å². The van der Waals surface area contributed by atoms with Gasteiger partial charge in [-0.25, -0.2) is 9.97 Å². The second-order valence-electron chi connectivity index (χ2n) is 6.68. The summed E-state index contributed by atoms with van der Waals surface area (Å²) >= 11 is 0. The van der Waals surface area contributed by atoms with Gasteiger partial charge in [0.05, 0.1) is 0 Å². The maximum atomic E-state index is 12.3. The molecule has 28 heavy (non-hydrogen) atoms. The van der Waals surface area contributed by atoms with E-state index in [1.54, 1.807) is 0 Å². The van der Waals surface area contributed by atoms with Crippen molar-refractivity contribution in [2.45, 2.75) is 6.92 Å². The monoisotopic (exact) mass is 375 g/mol. The average Bonchev–Trinajstić information content (AvgIpc) is 2.71. The molecule has 2 aromatic carbocycles. The normalized spacial score (nSPS) is 10.4.